The first-order chi connectivity index (χ1) is 9.63. The van der Waals surface area contributed by atoms with E-state index in [0.717, 1.165) is 28.3 Å². The molecule has 3 aromatic rings. The zero-order valence-electron chi connectivity index (χ0n) is 11.9. The zero-order valence-corrected chi connectivity index (χ0v) is 11.9. The summed E-state index contributed by atoms with van der Waals surface area (Å²) >= 11 is 0. The molecule has 4 heteroatoms. The van der Waals surface area contributed by atoms with E-state index >= 15 is 0 Å². The van der Waals surface area contributed by atoms with Crippen molar-refractivity contribution in [3.8, 4) is 22.6 Å². The maximum atomic E-state index is 4.37. The topological polar surface area (TPSA) is 57.4 Å². The minimum absolute atomic E-state index is 0.547. The standard InChI is InChI=1S/C16H18N4/c1-10(2)12-4-6-13(7-5-12)14-9-16(20-18-14)15-8-11(3)17-19-15/h4-10H,1-3H3,(H,17,19)(H,18,20). The van der Waals surface area contributed by atoms with Gasteiger partial charge in [-0.25, -0.2) is 0 Å². The average Bonchev–Trinajstić information content (AvgIpc) is 3.07. The van der Waals surface area contributed by atoms with Crippen molar-refractivity contribution in [1.29, 1.82) is 0 Å². The number of hydrogen-bond donors (Lipinski definition) is 2. The average molecular weight is 266 g/mol. The highest BCUT2D eigenvalue weighted by molar-refractivity contribution is 5.66. The Morgan fingerprint density at radius 2 is 1.60 bits per heavy atom. The van der Waals surface area contributed by atoms with E-state index in [0.29, 0.717) is 5.92 Å². The molecule has 0 fully saturated rings. The highest BCUT2D eigenvalue weighted by atomic mass is 15.2. The molecule has 0 saturated carbocycles. The molecule has 0 saturated heterocycles. The molecule has 0 aliphatic heterocycles. The van der Waals surface area contributed by atoms with Crippen LogP contribution < -0.4 is 0 Å². The van der Waals surface area contributed by atoms with Gasteiger partial charge in [-0.3, -0.25) is 10.2 Å². The lowest BCUT2D eigenvalue weighted by Gasteiger charge is -2.05. The Bertz CT molecular complexity index is 704. The van der Waals surface area contributed by atoms with Crippen LogP contribution in [0.2, 0.25) is 0 Å². The molecule has 2 aromatic heterocycles. The van der Waals surface area contributed by atoms with Crippen molar-refractivity contribution in [3.63, 3.8) is 0 Å². The maximum absolute atomic E-state index is 4.37. The van der Waals surface area contributed by atoms with Crippen LogP contribution >= 0.6 is 0 Å². The van der Waals surface area contributed by atoms with Gasteiger partial charge in [-0.2, -0.15) is 10.2 Å². The van der Waals surface area contributed by atoms with Crippen LogP contribution in [0.1, 0.15) is 31.0 Å². The molecular weight excluding hydrogens is 248 g/mol. The van der Waals surface area contributed by atoms with E-state index in [1.807, 2.05) is 19.1 Å². The van der Waals surface area contributed by atoms with Gasteiger partial charge in [0.15, 0.2) is 0 Å². The largest absolute Gasteiger partial charge is 0.282 e. The molecule has 1 aromatic carbocycles. The van der Waals surface area contributed by atoms with Crippen molar-refractivity contribution >= 4 is 0 Å². The van der Waals surface area contributed by atoms with E-state index in [1.54, 1.807) is 0 Å². The summed E-state index contributed by atoms with van der Waals surface area (Å²) in [5, 5.41) is 14.6. The molecule has 0 aliphatic carbocycles. The van der Waals surface area contributed by atoms with E-state index in [4.69, 9.17) is 0 Å². The van der Waals surface area contributed by atoms with Gasteiger partial charge in [0.05, 0.1) is 11.4 Å². The fourth-order valence-electron chi connectivity index (χ4n) is 2.20. The van der Waals surface area contributed by atoms with Crippen LogP contribution in [0.25, 0.3) is 22.6 Å². The summed E-state index contributed by atoms with van der Waals surface area (Å²) in [5.74, 6) is 0.547. The van der Waals surface area contributed by atoms with Gasteiger partial charge in [0.2, 0.25) is 0 Å². The van der Waals surface area contributed by atoms with Gasteiger partial charge in [-0.15, -0.1) is 0 Å². The Kier molecular flexibility index (Phi) is 3.14. The number of benzene rings is 1. The normalized spacial score (nSPS) is 11.2. The lowest BCUT2D eigenvalue weighted by atomic mass is 10.0. The minimum Gasteiger partial charge on any atom is -0.282 e. The number of aromatic amines is 2. The minimum atomic E-state index is 0.547. The van der Waals surface area contributed by atoms with Crippen LogP contribution in [0, 0.1) is 6.92 Å². The summed E-state index contributed by atoms with van der Waals surface area (Å²) in [7, 11) is 0. The molecule has 2 N–H and O–H groups in total. The van der Waals surface area contributed by atoms with E-state index in [2.05, 4.69) is 58.5 Å². The first-order valence-electron chi connectivity index (χ1n) is 6.81. The van der Waals surface area contributed by atoms with Crippen LogP contribution in [-0.4, -0.2) is 20.4 Å². The van der Waals surface area contributed by atoms with Gasteiger partial charge >= 0.3 is 0 Å². The fourth-order valence-corrected chi connectivity index (χ4v) is 2.20. The number of hydrogen-bond acceptors (Lipinski definition) is 2. The number of H-pyrrole nitrogens is 2. The molecule has 0 atom stereocenters. The van der Waals surface area contributed by atoms with Crippen molar-refractivity contribution < 1.29 is 0 Å². The number of aromatic nitrogens is 4. The summed E-state index contributed by atoms with van der Waals surface area (Å²) in [6.45, 7) is 6.38. The first-order valence-corrected chi connectivity index (χ1v) is 6.81. The van der Waals surface area contributed by atoms with Gasteiger partial charge in [0, 0.05) is 11.3 Å². The van der Waals surface area contributed by atoms with Gasteiger partial charge in [0.1, 0.15) is 5.69 Å². The molecule has 20 heavy (non-hydrogen) atoms. The third kappa shape index (κ3) is 2.37. The molecule has 0 aliphatic rings. The first kappa shape index (κ1) is 12.7. The molecule has 0 amide bonds. The molecule has 102 valence electrons. The van der Waals surface area contributed by atoms with E-state index in [-0.39, 0.29) is 0 Å². The van der Waals surface area contributed by atoms with Crippen LogP contribution in [0.15, 0.2) is 36.4 Å². The number of rotatable bonds is 3. The van der Waals surface area contributed by atoms with Crippen molar-refractivity contribution in [1.82, 2.24) is 20.4 Å². The maximum Gasteiger partial charge on any atom is 0.110 e. The third-order valence-corrected chi connectivity index (χ3v) is 3.43. The van der Waals surface area contributed by atoms with Gasteiger partial charge in [0.25, 0.3) is 0 Å². The molecule has 0 bridgehead atoms. The van der Waals surface area contributed by atoms with Crippen molar-refractivity contribution in [3.05, 3.63) is 47.7 Å². The molecule has 0 radical (unpaired) electrons. The van der Waals surface area contributed by atoms with Crippen molar-refractivity contribution in [2.45, 2.75) is 26.7 Å². The Labute approximate surface area is 118 Å². The molecule has 4 nitrogen and oxygen atoms in total. The summed E-state index contributed by atoms with van der Waals surface area (Å²) in [6.07, 6.45) is 0. The molecule has 0 spiro atoms. The van der Waals surface area contributed by atoms with Crippen LogP contribution in [0.4, 0.5) is 0 Å². The van der Waals surface area contributed by atoms with Crippen molar-refractivity contribution in [2.24, 2.45) is 0 Å². The number of aryl methyl sites for hydroxylation is 1. The van der Waals surface area contributed by atoms with Gasteiger partial charge in [-0.05, 0) is 30.5 Å². The highest BCUT2D eigenvalue weighted by Gasteiger charge is 2.08. The Morgan fingerprint density at radius 3 is 2.20 bits per heavy atom. The molecule has 0 unspecified atom stereocenters. The third-order valence-electron chi connectivity index (χ3n) is 3.43. The summed E-state index contributed by atoms with van der Waals surface area (Å²) in [4.78, 5) is 0. The van der Waals surface area contributed by atoms with E-state index in [1.165, 1.54) is 5.56 Å². The lowest BCUT2D eigenvalue weighted by Crippen LogP contribution is -1.86. The van der Waals surface area contributed by atoms with E-state index < -0.39 is 0 Å². The Hall–Kier alpha value is -2.36. The fraction of sp³-hybridized carbons (Fsp3) is 0.250. The van der Waals surface area contributed by atoms with Crippen LogP contribution in [0.3, 0.4) is 0 Å². The van der Waals surface area contributed by atoms with Crippen molar-refractivity contribution in [2.75, 3.05) is 0 Å². The second-order valence-corrected chi connectivity index (χ2v) is 5.38. The Balaban J connectivity index is 1.90. The summed E-state index contributed by atoms with van der Waals surface area (Å²) in [5.41, 5.74) is 6.25. The van der Waals surface area contributed by atoms with Gasteiger partial charge in [-0.1, -0.05) is 38.1 Å². The second-order valence-electron chi connectivity index (χ2n) is 5.38. The van der Waals surface area contributed by atoms with E-state index in [9.17, 15) is 0 Å². The molecular formula is C16H18N4. The monoisotopic (exact) mass is 266 g/mol. The zero-order chi connectivity index (χ0) is 14.1. The molecule has 2 heterocycles. The number of nitrogens with zero attached hydrogens (tertiary/aromatic N) is 2. The summed E-state index contributed by atoms with van der Waals surface area (Å²) in [6, 6.07) is 12.6. The van der Waals surface area contributed by atoms with Crippen LogP contribution in [-0.2, 0) is 0 Å². The SMILES string of the molecule is Cc1cc(-c2cc(-c3ccc(C(C)C)cc3)n[nH]2)n[nH]1. The Morgan fingerprint density at radius 1 is 0.900 bits per heavy atom. The predicted molar refractivity (Wildman–Crippen MR) is 80.4 cm³/mol. The lowest BCUT2D eigenvalue weighted by molar-refractivity contribution is 0.867. The van der Waals surface area contributed by atoms with Gasteiger partial charge < -0.3 is 0 Å². The smallest absolute Gasteiger partial charge is 0.110 e. The second kappa shape index (κ2) is 4.96. The quantitative estimate of drug-likeness (QED) is 0.755. The summed E-state index contributed by atoms with van der Waals surface area (Å²) < 4.78 is 0. The molecule has 3 rings (SSSR count). The van der Waals surface area contributed by atoms with Crippen LogP contribution in [0.5, 0.6) is 0 Å². The number of nitrogens with one attached hydrogen (secondary N) is 2. The predicted octanol–water partition coefficient (Wildman–Crippen LogP) is 3.90. The highest BCUT2D eigenvalue weighted by Crippen LogP contribution is 2.24.